The molecule has 0 unspecified atom stereocenters. The minimum Gasteiger partial charge on any atom is -0.478 e. The Bertz CT molecular complexity index is 651. The number of ether oxygens (including phenoxy) is 1. The van der Waals surface area contributed by atoms with Crippen LogP contribution in [0.5, 0.6) is 5.75 Å². The van der Waals surface area contributed by atoms with E-state index in [-0.39, 0.29) is 24.8 Å². The van der Waals surface area contributed by atoms with Crippen LogP contribution in [0.25, 0.3) is 0 Å². The van der Waals surface area contributed by atoms with Gasteiger partial charge in [0.25, 0.3) is 5.91 Å². The van der Waals surface area contributed by atoms with E-state index in [2.05, 4.69) is 0 Å². The van der Waals surface area contributed by atoms with Crippen molar-refractivity contribution in [2.24, 2.45) is 0 Å². The summed E-state index contributed by atoms with van der Waals surface area (Å²) in [6, 6.07) is 7.61. The molecule has 0 saturated heterocycles. The number of likely N-dealkylation sites (N-methyl/N-ethyl adjacent to an activating group) is 1. The average Bonchev–Trinajstić information content (AvgIpc) is 2.54. The number of nitriles is 1. The number of nitrogens with zero attached hydrogens (tertiary/aromatic N) is 3. The molecule has 0 N–H and O–H groups in total. The second kappa shape index (κ2) is 7.14. The van der Waals surface area contributed by atoms with Gasteiger partial charge in [0.15, 0.2) is 6.10 Å². The van der Waals surface area contributed by atoms with Crippen LogP contribution in [-0.2, 0) is 9.59 Å². The van der Waals surface area contributed by atoms with Gasteiger partial charge in [-0.1, -0.05) is 13.0 Å². The van der Waals surface area contributed by atoms with E-state index in [4.69, 9.17) is 10.00 Å². The van der Waals surface area contributed by atoms with E-state index in [0.717, 1.165) is 5.56 Å². The summed E-state index contributed by atoms with van der Waals surface area (Å²) in [5.74, 6) is 0.222. The van der Waals surface area contributed by atoms with Crippen LogP contribution in [0, 0.1) is 18.3 Å². The van der Waals surface area contributed by atoms with Gasteiger partial charge in [0.1, 0.15) is 12.3 Å². The lowest BCUT2D eigenvalue weighted by molar-refractivity contribution is -0.132. The molecule has 2 rings (SSSR count). The van der Waals surface area contributed by atoms with Gasteiger partial charge >= 0.3 is 0 Å². The SMILES string of the molecule is CC[C@H]1Oc2ccc(C)cc2N(CC(=O)N(C)CCC#N)C1=O. The van der Waals surface area contributed by atoms with E-state index in [1.54, 1.807) is 7.05 Å². The molecule has 0 aromatic heterocycles. The molecular weight excluding hydrogens is 294 g/mol. The number of hydrogen-bond donors (Lipinski definition) is 0. The standard InChI is InChI=1S/C17H21N3O3/c1-4-14-17(22)20(11-16(21)19(3)9-5-8-18)13-10-12(2)6-7-15(13)23-14/h6-7,10,14H,4-5,9,11H2,1-3H3/t14-/m1/s1. The summed E-state index contributed by atoms with van der Waals surface area (Å²) in [4.78, 5) is 27.9. The molecule has 23 heavy (non-hydrogen) atoms. The first-order valence-corrected chi connectivity index (χ1v) is 7.67. The van der Waals surface area contributed by atoms with E-state index in [9.17, 15) is 9.59 Å². The van der Waals surface area contributed by atoms with Crippen molar-refractivity contribution in [2.75, 3.05) is 25.0 Å². The van der Waals surface area contributed by atoms with Crippen LogP contribution < -0.4 is 9.64 Å². The van der Waals surface area contributed by atoms with Gasteiger partial charge in [-0.3, -0.25) is 14.5 Å². The highest BCUT2D eigenvalue weighted by atomic mass is 16.5. The lowest BCUT2D eigenvalue weighted by Crippen LogP contribution is -2.50. The summed E-state index contributed by atoms with van der Waals surface area (Å²) in [6.07, 6.45) is 0.246. The maximum Gasteiger partial charge on any atom is 0.268 e. The summed E-state index contributed by atoms with van der Waals surface area (Å²) < 4.78 is 5.73. The van der Waals surface area contributed by atoms with E-state index < -0.39 is 6.10 Å². The van der Waals surface area contributed by atoms with Crippen molar-refractivity contribution in [3.8, 4) is 11.8 Å². The molecule has 0 spiro atoms. The molecule has 1 atom stereocenters. The maximum atomic E-state index is 12.6. The number of amides is 2. The molecule has 2 amide bonds. The number of carbonyl (C=O) groups is 2. The highest BCUT2D eigenvalue weighted by Gasteiger charge is 2.34. The zero-order valence-electron chi connectivity index (χ0n) is 13.7. The molecule has 1 aromatic carbocycles. The monoisotopic (exact) mass is 315 g/mol. The van der Waals surface area contributed by atoms with Crippen molar-refractivity contribution in [1.29, 1.82) is 5.26 Å². The maximum absolute atomic E-state index is 12.6. The number of carbonyl (C=O) groups excluding carboxylic acids is 2. The fourth-order valence-corrected chi connectivity index (χ4v) is 2.45. The second-order valence-electron chi connectivity index (χ2n) is 5.63. The fraction of sp³-hybridized carbons (Fsp3) is 0.471. The molecule has 1 aliphatic heterocycles. The number of fused-ring (bicyclic) bond motifs is 1. The number of anilines is 1. The number of aryl methyl sites for hydroxylation is 1. The highest BCUT2D eigenvalue weighted by molar-refractivity contribution is 6.03. The van der Waals surface area contributed by atoms with Crippen LogP contribution in [-0.4, -0.2) is 43.0 Å². The van der Waals surface area contributed by atoms with Crippen LogP contribution in [0.3, 0.4) is 0 Å². The molecular formula is C17H21N3O3. The molecule has 122 valence electrons. The molecule has 0 fully saturated rings. The van der Waals surface area contributed by atoms with Crippen molar-refractivity contribution in [3.05, 3.63) is 23.8 Å². The third-order valence-corrected chi connectivity index (χ3v) is 3.86. The molecule has 1 aromatic rings. The quantitative estimate of drug-likeness (QED) is 0.831. The van der Waals surface area contributed by atoms with Crippen molar-refractivity contribution < 1.29 is 14.3 Å². The Balaban J connectivity index is 2.25. The Kier molecular flexibility index (Phi) is 5.22. The van der Waals surface area contributed by atoms with Gasteiger partial charge in [-0.05, 0) is 31.0 Å². The van der Waals surface area contributed by atoms with Crippen molar-refractivity contribution >= 4 is 17.5 Å². The fourth-order valence-electron chi connectivity index (χ4n) is 2.45. The smallest absolute Gasteiger partial charge is 0.268 e. The normalized spacial score (nSPS) is 16.3. The summed E-state index contributed by atoms with van der Waals surface area (Å²) in [5, 5.41) is 8.62. The third-order valence-electron chi connectivity index (χ3n) is 3.86. The zero-order valence-corrected chi connectivity index (χ0v) is 13.7. The van der Waals surface area contributed by atoms with Gasteiger partial charge in [0.2, 0.25) is 5.91 Å². The van der Waals surface area contributed by atoms with Gasteiger partial charge in [0, 0.05) is 13.6 Å². The van der Waals surface area contributed by atoms with Crippen LogP contribution in [0.4, 0.5) is 5.69 Å². The van der Waals surface area contributed by atoms with Crippen LogP contribution >= 0.6 is 0 Å². The summed E-state index contributed by atoms with van der Waals surface area (Å²) in [5.41, 5.74) is 1.62. The largest absolute Gasteiger partial charge is 0.478 e. The first kappa shape index (κ1) is 16.8. The Hall–Kier alpha value is -2.55. The van der Waals surface area contributed by atoms with Gasteiger partial charge in [0.05, 0.1) is 18.2 Å². The predicted molar refractivity (Wildman–Crippen MR) is 86.1 cm³/mol. The molecule has 0 saturated carbocycles. The van der Waals surface area contributed by atoms with E-state index in [0.29, 0.717) is 24.4 Å². The summed E-state index contributed by atoms with van der Waals surface area (Å²) in [7, 11) is 1.64. The average molecular weight is 315 g/mol. The van der Waals surface area contributed by atoms with E-state index >= 15 is 0 Å². The Morgan fingerprint density at radius 2 is 2.22 bits per heavy atom. The van der Waals surface area contributed by atoms with Gasteiger partial charge in [-0.25, -0.2) is 0 Å². The van der Waals surface area contributed by atoms with Crippen molar-refractivity contribution in [1.82, 2.24) is 4.90 Å². The molecule has 1 heterocycles. The Morgan fingerprint density at radius 3 is 2.87 bits per heavy atom. The topological polar surface area (TPSA) is 73.6 Å². The van der Waals surface area contributed by atoms with E-state index in [1.807, 2.05) is 38.1 Å². The zero-order chi connectivity index (χ0) is 17.0. The lowest BCUT2D eigenvalue weighted by atomic mass is 10.1. The van der Waals surface area contributed by atoms with Crippen LogP contribution in [0.2, 0.25) is 0 Å². The highest BCUT2D eigenvalue weighted by Crippen LogP contribution is 2.35. The third kappa shape index (κ3) is 3.62. The van der Waals surface area contributed by atoms with Gasteiger partial charge in [-0.2, -0.15) is 5.26 Å². The Labute approximate surface area is 136 Å². The number of benzene rings is 1. The van der Waals surface area contributed by atoms with Gasteiger partial charge in [-0.15, -0.1) is 0 Å². The molecule has 6 heteroatoms. The number of hydrogen-bond acceptors (Lipinski definition) is 4. The minimum absolute atomic E-state index is 0.0446. The number of rotatable bonds is 5. The minimum atomic E-state index is -0.567. The van der Waals surface area contributed by atoms with Crippen LogP contribution in [0.15, 0.2) is 18.2 Å². The molecule has 0 radical (unpaired) electrons. The molecule has 0 bridgehead atoms. The first-order chi connectivity index (χ1) is 11.0. The molecule has 0 aliphatic carbocycles. The first-order valence-electron chi connectivity index (χ1n) is 7.67. The van der Waals surface area contributed by atoms with Crippen molar-refractivity contribution in [3.63, 3.8) is 0 Å². The van der Waals surface area contributed by atoms with Crippen LogP contribution in [0.1, 0.15) is 25.3 Å². The molecule has 1 aliphatic rings. The van der Waals surface area contributed by atoms with Crippen molar-refractivity contribution in [2.45, 2.75) is 32.8 Å². The lowest BCUT2D eigenvalue weighted by Gasteiger charge is -2.34. The van der Waals surface area contributed by atoms with Gasteiger partial charge < -0.3 is 9.64 Å². The summed E-state index contributed by atoms with van der Waals surface area (Å²) >= 11 is 0. The molecule has 6 nitrogen and oxygen atoms in total. The van der Waals surface area contributed by atoms with E-state index in [1.165, 1.54) is 9.80 Å². The Morgan fingerprint density at radius 1 is 1.48 bits per heavy atom. The predicted octanol–water partition coefficient (Wildman–Crippen LogP) is 1.87. The second-order valence-corrected chi connectivity index (χ2v) is 5.63. The summed E-state index contributed by atoms with van der Waals surface area (Å²) in [6.45, 7) is 4.11.